The summed E-state index contributed by atoms with van der Waals surface area (Å²) >= 11 is 0. The first kappa shape index (κ1) is 15.5. The summed E-state index contributed by atoms with van der Waals surface area (Å²) in [6.07, 6.45) is -2.35. The predicted octanol–water partition coefficient (Wildman–Crippen LogP) is 2.98. The minimum absolute atomic E-state index is 0.0324. The van der Waals surface area contributed by atoms with Crippen molar-refractivity contribution in [3.05, 3.63) is 65.2 Å². The third kappa shape index (κ3) is 4.54. The quantitative estimate of drug-likeness (QED) is 0.861. The van der Waals surface area contributed by atoms with Gasteiger partial charge in [-0.05, 0) is 23.8 Å². The molecule has 0 saturated carbocycles. The molecule has 1 aromatic heterocycles. The number of hydrogen-bond acceptors (Lipinski definition) is 3. The summed E-state index contributed by atoms with van der Waals surface area (Å²) in [5.41, 5.74) is 1.02. The minimum atomic E-state index is -2.50. The second kappa shape index (κ2) is 7.19. The number of aromatic nitrogens is 1. The number of nitrogens with one attached hydrogen (secondary N) is 1. The Labute approximate surface area is 120 Å². The number of halogens is 3. The van der Waals surface area contributed by atoms with Crippen LogP contribution in [-0.2, 0) is 6.54 Å². The summed E-state index contributed by atoms with van der Waals surface area (Å²) in [6.45, 7) is 0.538. The van der Waals surface area contributed by atoms with Gasteiger partial charge >= 0.3 is 0 Å². The van der Waals surface area contributed by atoms with Gasteiger partial charge in [0.15, 0.2) is 0 Å². The normalized spacial score (nSPS) is 12.6. The van der Waals surface area contributed by atoms with Crippen LogP contribution >= 0.6 is 0 Å². The van der Waals surface area contributed by atoms with Gasteiger partial charge in [-0.2, -0.15) is 0 Å². The van der Waals surface area contributed by atoms with E-state index < -0.39 is 18.3 Å². The maximum atomic E-state index is 12.7. The fraction of sp³-hybridized carbons (Fsp3) is 0.267. The Hall–Kier alpha value is -1.92. The standard InChI is InChI=1S/C15H15F3N2O/c16-12-4-5-13(20-8-12)14(21)9-19-7-10-2-1-3-11(6-10)15(17)18/h1-6,8,14-15,19,21H,7,9H2. The van der Waals surface area contributed by atoms with Crippen molar-refractivity contribution in [1.82, 2.24) is 10.3 Å². The molecule has 2 rings (SSSR count). The van der Waals surface area contributed by atoms with Crippen LogP contribution in [0.4, 0.5) is 13.2 Å². The Bertz CT molecular complexity index is 575. The number of aliphatic hydroxyl groups excluding tert-OH is 1. The second-order valence-corrected chi connectivity index (χ2v) is 4.59. The van der Waals surface area contributed by atoms with Crippen LogP contribution in [0.15, 0.2) is 42.6 Å². The highest BCUT2D eigenvalue weighted by molar-refractivity contribution is 5.24. The molecule has 1 aromatic carbocycles. The van der Waals surface area contributed by atoms with E-state index in [4.69, 9.17) is 0 Å². The third-order valence-electron chi connectivity index (χ3n) is 2.96. The van der Waals surface area contributed by atoms with Crippen molar-refractivity contribution < 1.29 is 18.3 Å². The molecule has 0 aliphatic carbocycles. The van der Waals surface area contributed by atoms with Crippen LogP contribution in [0.2, 0.25) is 0 Å². The first-order valence-electron chi connectivity index (χ1n) is 6.43. The molecular weight excluding hydrogens is 281 g/mol. The monoisotopic (exact) mass is 296 g/mol. The van der Waals surface area contributed by atoms with Crippen molar-refractivity contribution >= 4 is 0 Å². The zero-order valence-corrected chi connectivity index (χ0v) is 11.1. The van der Waals surface area contributed by atoms with E-state index >= 15 is 0 Å². The topological polar surface area (TPSA) is 45.1 Å². The van der Waals surface area contributed by atoms with Gasteiger partial charge in [0.1, 0.15) is 11.9 Å². The van der Waals surface area contributed by atoms with Crippen molar-refractivity contribution in [2.75, 3.05) is 6.54 Å². The molecule has 112 valence electrons. The Kier molecular flexibility index (Phi) is 5.30. The molecule has 0 radical (unpaired) electrons. The van der Waals surface area contributed by atoms with Gasteiger partial charge in [-0.1, -0.05) is 18.2 Å². The number of alkyl halides is 2. The lowest BCUT2D eigenvalue weighted by atomic mass is 10.1. The first-order chi connectivity index (χ1) is 10.1. The van der Waals surface area contributed by atoms with Crippen molar-refractivity contribution in [2.24, 2.45) is 0 Å². The summed E-state index contributed by atoms with van der Waals surface area (Å²) in [7, 11) is 0. The lowest BCUT2D eigenvalue weighted by Crippen LogP contribution is -2.21. The highest BCUT2D eigenvalue weighted by Crippen LogP contribution is 2.19. The molecule has 1 heterocycles. The first-order valence-corrected chi connectivity index (χ1v) is 6.43. The Morgan fingerprint density at radius 2 is 2.00 bits per heavy atom. The van der Waals surface area contributed by atoms with Gasteiger partial charge in [-0.15, -0.1) is 0 Å². The van der Waals surface area contributed by atoms with Crippen LogP contribution in [0, 0.1) is 5.82 Å². The van der Waals surface area contributed by atoms with Gasteiger partial charge in [-0.25, -0.2) is 13.2 Å². The lowest BCUT2D eigenvalue weighted by molar-refractivity contribution is 0.151. The molecule has 2 aromatic rings. The summed E-state index contributed by atoms with van der Waals surface area (Å²) in [6, 6.07) is 8.69. The number of aliphatic hydroxyl groups is 1. The second-order valence-electron chi connectivity index (χ2n) is 4.59. The molecule has 0 spiro atoms. The van der Waals surface area contributed by atoms with Crippen LogP contribution in [-0.4, -0.2) is 16.6 Å². The van der Waals surface area contributed by atoms with Gasteiger partial charge in [-0.3, -0.25) is 4.98 Å². The fourth-order valence-electron chi connectivity index (χ4n) is 1.88. The van der Waals surface area contributed by atoms with E-state index in [0.29, 0.717) is 17.8 Å². The van der Waals surface area contributed by atoms with E-state index in [0.717, 1.165) is 6.20 Å². The minimum Gasteiger partial charge on any atom is -0.385 e. The van der Waals surface area contributed by atoms with Gasteiger partial charge in [0.2, 0.25) is 0 Å². The van der Waals surface area contributed by atoms with Gasteiger partial charge in [0, 0.05) is 18.7 Å². The van der Waals surface area contributed by atoms with Crippen LogP contribution in [0.1, 0.15) is 29.4 Å². The van der Waals surface area contributed by atoms with Crippen molar-refractivity contribution in [2.45, 2.75) is 19.1 Å². The van der Waals surface area contributed by atoms with E-state index in [1.807, 2.05) is 0 Å². The smallest absolute Gasteiger partial charge is 0.263 e. The zero-order chi connectivity index (χ0) is 15.2. The Balaban J connectivity index is 1.86. The predicted molar refractivity (Wildman–Crippen MR) is 72.3 cm³/mol. The number of pyridine rings is 1. The lowest BCUT2D eigenvalue weighted by Gasteiger charge is -2.12. The largest absolute Gasteiger partial charge is 0.385 e. The molecule has 3 nitrogen and oxygen atoms in total. The molecular formula is C15H15F3N2O. The van der Waals surface area contributed by atoms with Gasteiger partial charge < -0.3 is 10.4 Å². The van der Waals surface area contributed by atoms with Crippen molar-refractivity contribution in [1.29, 1.82) is 0 Å². The number of benzene rings is 1. The molecule has 1 unspecified atom stereocenters. The average Bonchev–Trinajstić information content (AvgIpc) is 2.48. The highest BCUT2D eigenvalue weighted by Gasteiger charge is 2.10. The molecule has 0 saturated heterocycles. The van der Waals surface area contributed by atoms with Gasteiger partial charge in [0.25, 0.3) is 6.43 Å². The van der Waals surface area contributed by atoms with Crippen molar-refractivity contribution in [3.8, 4) is 0 Å². The summed E-state index contributed by atoms with van der Waals surface area (Å²) in [5, 5.41) is 12.8. The molecule has 0 amide bonds. The van der Waals surface area contributed by atoms with Crippen LogP contribution in [0.25, 0.3) is 0 Å². The van der Waals surface area contributed by atoms with E-state index in [9.17, 15) is 18.3 Å². The van der Waals surface area contributed by atoms with E-state index in [2.05, 4.69) is 10.3 Å². The molecule has 0 fully saturated rings. The molecule has 21 heavy (non-hydrogen) atoms. The fourth-order valence-corrected chi connectivity index (χ4v) is 1.88. The van der Waals surface area contributed by atoms with E-state index in [-0.39, 0.29) is 12.1 Å². The maximum absolute atomic E-state index is 12.7. The van der Waals surface area contributed by atoms with E-state index in [1.165, 1.54) is 24.3 Å². The molecule has 2 N–H and O–H groups in total. The molecule has 6 heteroatoms. The van der Waals surface area contributed by atoms with Crippen LogP contribution in [0.3, 0.4) is 0 Å². The number of nitrogens with zero attached hydrogens (tertiary/aromatic N) is 1. The summed E-state index contributed by atoms with van der Waals surface area (Å²) < 4.78 is 37.8. The molecule has 0 aliphatic heterocycles. The number of rotatable bonds is 6. The highest BCUT2D eigenvalue weighted by atomic mass is 19.3. The third-order valence-corrected chi connectivity index (χ3v) is 2.96. The van der Waals surface area contributed by atoms with Gasteiger partial charge in [0.05, 0.1) is 11.9 Å². The molecule has 0 bridgehead atoms. The summed E-state index contributed by atoms with van der Waals surface area (Å²) in [5.74, 6) is -0.470. The Morgan fingerprint density at radius 1 is 1.19 bits per heavy atom. The zero-order valence-electron chi connectivity index (χ0n) is 11.1. The molecule has 0 aliphatic rings. The summed E-state index contributed by atoms with van der Waals surface area (Å²) in [4.78, 5) is 3.78. The average molecular weight is 296 g/mol. The number of hydrogen-bond donors (Lipinski definition) is 2. The molecule has 1 atom stereocenters. The Morgan fingerprint density at radius 3 is 2.67 bits per heavy atom. The van der Waals surface area contributed by atoms with Crippen LogP contribution in [0.5, 0.6) is 0 Å². The SMILES string of the molecule is OC(CNCc1cccc(C(F)F)c1)c1ccc(F)cn1. The van der Waals surface area contributed by atoms with Crippen molar-refractivity contribution in [3.63, 3.8) is 0 Å². The van der Waals surface area contributed by atoms with E-state index in [1.54, 1.807) is 12.1 Å². The maximum Gasteiger partial charge on any atom is 0.263 e. The van der Waals surface area contributed by atoms with Crippen LogP contribution < -0.4 is 5.32 Å².